The zero-order chi connectivity index (χ0) is 28.5. The van der Waals surface area contributed by atoms with Crippen molar-refractivity contribution in [2.24, 2.45) is 11.8 Å². The fourth-order valence-electron chi connectivity index (χ4n) is 6.81. The van der Waals surface area contributed by atoms with Crippen LogP contribution in [0.5, 0.6) is 0 Å². The van der Waals surface area contributed by atoms with E-state index in [0.717, 1.165) is 36.1 Å². The molecule has 1 aromatic rings. The number of amides is 2. The van der Waals surface area contributed by atoms with Gasteiger partial charge >= 0.3 is 5.97 Å². The molecule has 6 atom stereocenters. The van der Waals surface area contributed by atoms with E-state index in [4.69, 9.17) is 4.74 Å². The summed E-state index contributed by atoms with van der Waals surface area (Å²) < 4.78 is 4.47. The van der Waals surface area contributed by atoms with Crippen molar-refractivity contribution in [1.82, 2.24) is 4.90 Å². The SMILES string of the molecule is C=CCCCCOC(=O)[C@H]1[C@H]2C(=O)N([C@H](C)CO)C(C(=O)N(CC=C)c3cc(C)ccc3C)C23CC[C@]1(C)S3. The number of thioether (sulfide) groups is 1. The molecule has 7 nitrogen and oxygen atoms in total. The molecule has 39 heavy (non-hydrogen) atoms. The van der Waals surface area contributed by atoms with E-state index in [1.807, 2.05) is 45.0 Å². The van der Waals surface area contributed by atoms with Crippen molar-refractivity contribution in [3.05, 3.63) is 54.6 Å². The summed E-state index contributed by atoms with van der Waals surface area (Å²) in [7, 11) is 0. The van der Waals surface area contributed by atoms with E-state index < -0.39 is 33.4 Å². The van der Waals surface area contributed by atoms with E-state index in [-0.39, 0.29) is 30.9 Å². The number of anilines is 1. The first kappa shape index (κ1) is 29.4. The van der Waals surface area contributed by atoms with Crippen molar-refractivity contribution in [1.29, 1.82) is 0 Å². The molecular formula is C31H42N2O5S. The number of allylic oxidation sites excluding steroid dienone is 1. The van der Waals surface area contributed by atoms with Gasteiger partial charge in [0.25, 0.3) is 5.91 Å². The van der Waals surface area contributed by atoms with Crippen molar-refractivity contribution >= 4 is 35.2 Å². The third-order valence-electron chi connectivity index (χ3n) is 8.72. The van der Waals surface area contributed by atoms with Crippen LogP contribution in [0.3, 0.4) is 0 Å². The average molecular weight is 555 g/mol. The number of aliphatic hydroxyl groups is 1. The van der Waals surface area contributed by atoms with Crippen molar-refractivity contribution in [3.8, 4) is 0 Å². The second-order valence-corrected chi connectivity index (χ2v) is 13.4. The molecule has 8 heteroatoms. The fourth-order valence-corrected chi connectivity index (χ4v) is 9.14. The van der Waals surface area contributed by atoms with Crippen LogP contribution in [0.25, 0.3) is 0 Å². The van der Waals surface area contributed by atoms with E-state index in [1.165, 1.54) is 0 Å². The lowest BCUT2D eigenvalue weighted by molar-refractivity contribution is -0.156. The van der Waals surface area contributed by atoms with Gasteiger partial charge in [-0.05, 0) is 77.0 Å². The number of nitrogens with zero attached hydrogens (tertiary/aromatic N) is 2. The molecule has 3 heterocycles. The number of hydrogen-bond donors (Lipinski definition) is 1. The van der Waals surface area contributed by atoms with Crippen molar-refractivity contribution in [2.45, 2.75) is 81.4 Å². The number of hydrogen-bond acceptors (Lipinski definition) is 6. The van der Waals surface area contributed by atoms with E-state index in [2.05, 4.69) is 13.2 Å². The molecule has 2 bridgehead atoms. The highest BCUT2D eigenvalue weighted by Gasteiger charge is 2.78. The Balaban J connectivity index is 1.73. The van der Waals surface area contributed by atoms with Crippen LogP contribution in [-0.2, 0) is 19.1 Å². The summed E-state index contributed by atoms with van der Waals surface area (Å²) in [6.07, 6.45) is 7.38. The highest BCUT2D eigenvalue weighted by Crippen LogP contribution is 2.71. The first-order valence-corrected chi connectivity index (χ1v) is 14.8. The Kier molecular flexibility index (Phi) is 8.67. The predicted octanol–water partition coefficient (Wildman–Crippen LogP) is 4.58. The first-order chi connectivity index (χ1) is 18.6. The summed E-state index contributed by atoms with van der Waals surface area (Å²) >= 11 is 1.61. The number of esters is 1. The number of fused-ring (bicyclic) bond motifs is 1. The Bertz CT molecular complexity index is 1150. The van der Waals surface area contributed by atoms with Gasteiger partial charge < -0.3 is 19.6 Å². The molecule has 1 aromatic carbocycles. The van der Waals surface area contributed by atoms with Crippen LogP contribution >= 0.6 is 11.8 Å². The molecule has 4 rings (SSSR count). The minimum atomic E-state index is -0.811. The zero-order valence-electron chi connectivity index (χ0n) is 23.7. The lowest BCUT2D eigenvalue weighted by atomic mass is 9.66. The van der Waals surface area contributed by atoms with Crippen LogP contribution in [0.4, 0.5) is 5.69 Å². The summed E-state index contributed by atoms with van der Waals surface area (Å²) in [5.41, 5.74) is 2.75. The third kappa shape index (κ3) is 4.95. The molecular weight excluding hydrogens is 512 g/mol. The first-order valence-electron chi connectivity index (χ1n) is 14.0. The summed E-state index contributed by atoms with van der Waals surface area (Å²) in [6, 6.07) is 4.59. The van der Waals surface area contributed by atoms with Gasteiger partial charge in [0, 0.05) is 17.0 Å². The topological polar surface area (TPSA) is 87.1 Å². The Morgan fingerprint density at radius 1 is 1.26 bits per heavy atom. The largest absolute Gasteiger partial charge is 0.465 e. The summed E-state index contributed by atoms with van der Waals surface area (Å²) in [5, 5.41) is 10.2. The van der Waals surface area contributed by atoms with Crippen LogP contribution in [0.2, 0.25) is 0 Å². The number of unbranched alkanes of at least 4 members (excludes halogenated alkanes) is 2. The van der Waals surface area contributed by atoms with Gasteiger partial charge in [-0.1, -0.05) is 24.3 Å². The van der Waals surface area contributed by atoms with Gasteiger partial charge in [-0.25, -0.2) is 0 Å². The van der Waals surface area contributed by atoms with Gasteiger partial charge in [-0.2, -0.15) is 0 Å². The molecule has 3 fully saturated rings. The molecule has 0 aliphatic carbocycles. The molecule has 2 amide bonds. The predicted molar refractivity (Wildman–Crippen MR) is 156 cm³/mol. The van der Waals surface area contributed by atoms with E-state index in [0.29, 0.717) is 19.4 Å². The summed E-state index contributed by atoms with van der Waals surface area (Å²) in [6.45, 7) is 15.7. The van der Waals surface area contributed by atoms with Crippen LogP contribution in [0.15, 0.2) is 43.5 Å². The van der Waals surface area contributed by atoms with E-state index in [1.54, 1.807) is 34.6 Å². The molecule has 1 spiro atoms. The number of likely N-dealkylation sites (tertiary alicyclic amines) is 1. The van der Waals surface area contributed by atoms with Crippen LogP contribution in [0.1, 0.15) is 57.1 Å². The maximum Gasteiger partial charge on any atom is 0.311 e. The van der Waals surface area contributed by atoms with Crippen LogP contribution in [-0.4, -0.2) is 69.1 Å². The zero-order valence-corrected chi connectivity index (χ0v) is 24.5. The highest BCUT2D eigenvalue weighted by atomic mass is 32.2. The monoisotopic (exact) mass is 554 g/mol. The Morgan fingerprint density at radius 3 is 2.67 bits per heavy atom. The normalized spacial score (nSPS) is 29.7. The number of benzene rings is 1. The lowest BCUT2D eigenvalue weighted by Gasteiger charge is -2.39. The quantitative estimate of drug-likeness (QED) is 0.231. The Hall–Kier alpha value is -2.58. The summed E-state index contributed by atoms with van der Waals surface area (Å²) in [4.78, 5) is 45.6. The van der Waals surface area contributed by atoms with Crippen LogP contribution < -0.4 is 4.90 Å². The number of aryl methyl sites for hydroxylation is 2. The number of rotatable bonds is 12. The molecule has 0 saturated carbocycles. The number of ether oxygens (including phenoxy) is 1. The minimum absolute atomic E-state index is 0.199. The van der Waals surface area contributed by atoms with E-state index in [9.17, 15) is 19.5 Å². The molecule has 3 aliphatic rings. The van der Waals surface area contributed by atoms with E-state index >= 15 is 0 Å². The van der Waals surface area contributed by atoms with Crippen molar-refractivity contribution in [3.63, 3.8) is 0 Å². The third-order valence-corrected chi connectivity index (χ3v) is 10.7. The van der Waals surface area contributed by atoms with Gasteiger partial charge in [-0.15, -0.1) is 24.9 Å². The number of aliphatic hydroxyl groups excluding tert-OH is 1. The van der Waals surface area contributed by atoms with Crippen molar-refractivity contribution < 1.29 is 24.2 Å². The maximum absolute atomic E-state index is 14.6. The number of carbonyl (C=O) groups is 3. The molecule has 3 aliphatic heterocycles. The molecule has 1 N–H and O–H groups in total. The van der Waals surface area contributed by atoms with Gasteiger partial charge in [0.05, 0.1) is 35.8 Å². The Labute approximate surface area is 236 Å². The highest BCUT2D eigenvalue weighted by molar-refractivity contribution is 8.02. The van der Waals surface area contributed by atoms with Gasteiger partial charge in [0.2, 0.25) is 5.91 Å². The minimum Gasteiger partial charge on any atom is -0.465 e. The number of carbonyl (C=O) groups excluding carboxylic acids is 3. The summed E-state index contributed by atoms with van der Waals surface area (Å²) in [5.74, 6) is -2.10. The molecule has 212 valence electrons. The smallest absolute Gasteiger partial charge is 0.311 e. The average Bonchev–Trinajstić information content (AvgIpc) is 3.48. The lowest BCUT2D eigenvalue weighted by Crippen LogP contribution is -2.57. The molecule has 0 radical (unpaired) electrons. The van der Waals surface area contributed by atoms with Gasteiger partial charge in [0.1, 0.15) is 6.04 Å². The fraction of sp³-hybridized carbons (Fsp3) is 0.581. The van der Waals surface area contributed by atoms with Crippen molar-refractivity contribution in [2.75, 3.05) is 24.7 Å². The second-order valence-electron chi connectivity index (χ2n) is 11.5. The molecule has 3 saturated heterocycles. The van der Waals surface area contributed by atoms with Crippen LogP contribution in [0, 0.1) is 25.7 Å². The van der Waals surface area contributed by atoms with Gasteiger partial charge in [0.15, 0.2) is 0 Å². The van der Waals surface area contributed by atoms with Gasteiger partial charge in [-0.3, -0.25) is 14.4 Å². The second kappa shape index (κ2) is 11.5. The standard InChI is InChI=1S/C31H42N2O5S/c1-7-9-10-11-17-38-29(37)25-24-27(35)33(22(5)19-34)26(31(24)15-14-30(25,6)39-31)28(36)32(16-8-2)23-18-20(3)12-13-21(23)4/h7-8,12-13,18,22,24-26,34H,1-2,9-11,14-17,19H2,3-6H3/t22-,24+,25-,26?,30+,31?/m1/s1. The maximum atomic E-state index is 14.6. The molecule has 2 unspecified atom stereocenters. The molecule has 0 aromatic heterocycles. The Morgan fingerprint density at radius 2 is 2.00 bits per heavy atom.